The van der Waals surface area contributed by atoms with Crippen molar-refractivity contribution in [3.8, 4) is 0 Å². The van der Waals surface area contributed by atoms with Crippen LogP contribution in [0.1, 0.15) is 46.9 Å². The molecule has 10 nitrogen and oxygen atoms in total. The number of rotatable bonds is 16. The number of nitrogens with zero attached hydrogens (tertiary/aromatic N) is 1. The second-order valence-electron chi connectivity index (χ2n) is 8.23. The van der Waals surface area contributed by atoms with Crippen LogP contribution in [0.25, 0.3) is 0 Å². The van der Waals surface area contributed by atoms with E-state index < -0.39 is 17.9 Å². The van der Waals surface area contributed by atoms with E-state index in [0.717, 1.165) is 17.9 Å². The van der Waals surface area contributed by atoms with Crippen LogP contribution in [0, 0.1) is 0 Å². The lowest BCUT2D eigenvalue weighted by Gasteiger charge is -2.29. The highest BCUT2D eigenvalue weighted by Gasteiger charge is 2.44. The fourth-order valence-electron chi connectivity index (χ4n) is 3.91. The summed E-state index contributed by atoms with van der Waals surface area (Å²) in [7, 11) is 0. The van der Waals surface area contributed by atoms with Crippen molar-refractivity contribution in [2.24, 2.45) is 0 Å². The van der Waals surface area contributed by atoms with E-state index in [4.69, 9.17) is 18.9 Å². The van der Waals surface area contributed by atoms with Crippen molar-refractivity contribution < 1.29 is 33.3 Å². The lowest BCUT2D eigenvalue weighted by atomic mass is 10.0. The summed E-state index contributed by atoms with van der Waals surface area (Å²) in [6, 6.07) is 4.23. The first-order valence-electron chi connectivity index (χ1n) is 12.1. The summed E-state index contributed by atoms with van der Waals surface area (Å²) >= 11 is 0. The van der Waals surface area contributed by atoms with E-state index in [0.29, 0.717) is 82.6 Å². The quantitative estimate of drug-likeness (QED) is 0.268. The molecule has 1 unspecified atom stereocenters. The van der Waals surface area contributed by atoms with E-state index >= 15 is 0 Å². The van der Waals surface area contributed by atoms with Gasteiger partial charge in [-0.1, -0.05) is 19.6 Å². The smallest absolute Gasteiger partial charge is 0.264 e. The number of hydrogen-bond acceptors (Lipinski definition) is 8. The molecule has 0 bridgehead atoms. The highest BCUT2D eigenvalue weighted by Crippen LogP contribution is 2.32. The molecule has 0 aromatic heterocycles. The minimum absolute atomic E-state index is 0.290. The maximum Gasteiger partial charge on any atom is 0.264 e. The molecule has 2 N–H and O–H groups in total. The number of anilines is 1. The van der Waals surface area contributed by atoms with Gasteiger partial charge in [0.1, 0.15) is 6.04 Å². The van der Waals surface area contributed by atoms with Crippen molar-refractivity contribution >= 4 is 23.4 Å². The second-order valence-corrected chi connectivity index (χ2v) is 8.23. The molecule has 2 aliphatic heterocycles. The highest BCUT2D eigenvalue weighted by molar-refractivity contribution is 6.25. The number of fused-ring (bicyclic) bond motifs is 1. The largest absolute Gasteiger partial charge is 0.382 e. The highest BCUT2D eigenvalue weighted by atomic mass is 16.6. The Bertz CT molecular complexity index is 905. The molecule has 0 saturated carbocycles. The zero-order chi connectivity index (χ0) is 25.0. The Balaban J connectivity index is 1.35. The van der Waals surface area contributed by atoms with Gasteiger partial charge in [-0.05, 0) is 31.4 Å². The molecule has 1 aromatic rings. The first kappa shape index (κ1) is 26.8. The van der Waals surface area contributed by atoms with Crippen LogP contribution in [0.3, 0.4) is 0 Å². The van der Waals surface area contributed by atoms with Gasteiger partial charge in [0, 0.05) is 24.5 Å². The molecule has 0 spiro atoms. The van der Waals surface area contributed by atoms with Crippen LogP contribution in [0.4, 0.5) is 5.69 Å². The first-order chi connectivity index (χ1) is 17.0. The average molecular weight is 490 g/mol. The first-order valence-corrected chi connectivity index (χ1v) is 12.1. The summed E-state index contributed by atoms with van der Waals surface area (Å²) in [4.78, 5) is 39.4. The fourth-order valence-corrected chi connectivity index (χ4v) is 3.91. The number of ether oxygens (including phenoxy) is 4. The van der Waals surface area contributed by atoms with Crippen molar-refractivity contribution in [1.29, 1.82) is 0 Å². The van der Waals surface area contributed by atoms with Gasteiger partial charge in [-0.15, -0.1) is 0 Å². The predicted molar refractivity (Wildman–Crippen MR) is 129 cm³/mol. The van der Waals surface area contributed by atoms with Crippen LogP contribution in [-0.4, -0.2) is 88.1 Å². The van der Waals surface area contributed by atoms with Crippen molar-refractivity contribution in [3.63, 3.8) is 0 Å². The van der Waals surface area contributed by atoms with Crippen LogP contribution in [0.15, 0.2) is 30.5 Å². The third-order valence-electron chi connectivity index (χ3n) is 5.61. The molecule has 1 atom stereocenters. The number of imide groups is 1. The molecule has 3 amide bonds. The molecule has 10 heteroatoms. The van der Waals surface area contributed by atoms with E-state index in [9.17, 15) is 14.4 Å². The molecule has 0 aliphatic carbocycles. The molecule has 1 saturated heterocycles. The summed E-state index contributed by atoms with van der Waals surface area (Å²) in [5.41, 5.74) is 1.73. The van der Waals surface area contributed by atoms with Gasteiger partial charge in [-0.25, -0.2) is 0 Å². The van der Waals surface area contributed by atoms with E-state index in [2.05, 4.69) is 24.1 Å². The van der Waals surface area contributed by atoms with Gasteiger partial charge in [-0.2, -0.15) is 0 Å². The Kier molecular flexibility index (Phi) is 10.7. The Morgan fingerprint density at radius 1 is 0.943 bits per heavy atom. The van der Waals surface area contributed by atoms with Gasteiger partial charge in [-0.3, -0.25) is 19.3 Å². The maximum absolute atomic E-state index is 13.1. The lowest BCUT2D eigenvalue weighted by molar-refractivity contribution is -0.125. The standard InChI is InChI=1S/C25H35N3O7/c1-3-10-32-12-14-34-16-17-35-15-13-33-11-9-26-20-6-4-5-19-22(20)25(31)28(24(19)30)21-8-7-18(2)27-23(21)29/h4-6,21,26H,2-3,7-17H2,1H3,(H,27,29). The summed E-state index contributed by atoms with van der Waals surface area (Å²) < 4.78 is 21.8. The number of hydrogen-bond donors (Lipinski definition) is 2. The number of carbonyl (C=O) groups excluding carboxylic acids is 3. The predicted octanol–water partition coefficient (Wildman–Crippen LogP) is 1.96. The van der Waals surface area contributed by atoms with Crippen LogP contribution in [0.2, 0.25) is 0 Å². The van der Waals surface area contributed by atoms with Crippen LogP contribution in [-0.2, 0) is 23.7 Å². The van der Waals surface area contributed by atoms with E-state index in [1.807, 2.05) is 0 Å². The topological polar surface area (TPSA) is 115 Å². The molecule has 2 heterocycles. The summed E-state index contributed by atoms with van der Waals surface area (Å²) in [6.07, 6.45) is 1.89. The van der Waals surface area contributed by atoms with Crippen molar-refractivity contribution in [2.75, 3.05) is 64.7 Å². The minimum Gasteiger partial charge on any atom is -0.382 e. The SMILES string of the molecule is C=C1CCC(N2C(=O)c3cccc(NCCOCCOCCOCCOCCC)c3C2=O)C(=O)N1. The van der Waals surface area contributed by atoms with Crippen molar-refractivity contribution in [1.82, 2.24) is 10.2 Å². The van der Waals surface area contributed by atoms with Crippen LogP contribution in [0.5, 0.6) is 0 Å². The Hall–Kier alpha value is -2.79. The van der Waals surface area contributed by atoms with Gasteiger partial charge in [0.25, 0.3) is 11.8 Å². The molecule has 2 aliphatic rings. The van der Waals surface area contributed by atoms with Gasteiger partial charge >= 0.3 is 0 Å². The molecule has 0 radical (unpaired) electrons. The zero-order valence-corrected chi connectivity index (χ0v) is 20.3. The monoisotopic (exact) mass is 489 g/mol. The van der Waals surface area contributed by atoms with E-state index in [1.165, 1.54) is 0 Å². The summed E-state index contributed by atoms with van der Waals surface area (Å²) in [5, 5.41) is 5.80. The lowest BCUT2D eigenvalue weighted by Crippen LogP contribution is -2.51. The minimum atomic E-state index is -0.830. The number of amides is 3. The third-order valence-corrected chi connectivity index (χ3v) is 5.61. The van der Waals surface area contributed by atoms with Gasteiger partial charge in [0.2, 0.25) is 5.91 Å². The molecule has 1 aromatic carbocycles. The van der Waals surface area contributed by atoms with Gasteiger partial charge < -0.3 is 29.6 Å². The average Bonchev–Trinajstić information content (AvgIpc) is 3.10. The number of allylic oxidation sites excluding steroid dienone is 1. The molecule has 3 rings (SSSR count). The molecule has 192 valence electrons. The molecule has 35 heavy (non-hydrogen) atoms. The van der Waals surface area contributed by atoms with E-state index in [-0.39, 0.29) is 11.5 Å². The van der Waals surface area contributed by atoms with Gasteiger partial charge in [0.15, 0.2) is 0 Å². The molecular weight excluding hydrogens is 454 g/mol. The van der Waals surface area contributed by atoms with Crippen molar-refractivity contribution in [2.45, 2.75) is 32.2 Å². The number of benzene rings is 1. The fraction of sp³-hybridized carbons (Fsp3) is 0.560. The zero-order valence-electron chi connectivity index (χ0n) is 20.3. The third kappa shape index (κ3) is 7.35. The summed E-state index contributed by atoms with van der Waals surface area (Å²) in [6.45, 7) is 10.5. The summed E-state index contributed by atoms with van der Waals surface area (Å²) in [5.74, 6) is -1.30. The molecular formula is C25H35N3O7. The number of piperidine rings is 1. The Morgan fingerprint density at radius 2 is 1.57 bits per heavy atom. The normalized spacial score (nSPS) is 17.6. The number of nitrogens with one attached hydrogen (secondary N) is 2. The Morgan fingerprint density at radius 3 is 2.20 bits per heavy atom. The van der Waals surface area contributed by atoms with Crippen LogP contribution >= 0.6 is 0 Å². The van der Waals surface area contributed by atoms with Crippen molar-refractivity contribution in [3.05, 3.63) is 41.6 Å². The van der Waals surface area contributed by atoms with Gasteiger partial charge in [0.05, 0.1) is 57.4 Å². The maximum atomic E-state index is 13.1. The number of carbonyl (C=O) groups is 3. The second kappa shape index (κ2) is 13.9. The van der Waals surface area contributed by atoms with Crippen LogP contribution < -0.4 is 10.6 Å². The molecule has 1 fully saturated rings. The van der Waals surface area contributed by atoms with E-state index in [1.54, 1.807) is 18.2 Å². The Labute approximate surface area is 205 Å².